The SMILES string of the molecule is O=C(c1coc(Br)c1)N1CCC(NCC2CC2)CC1. The molecule has 1 aliphatic carbocycles. The lowest BCUT2D eigenvalue weighted by Crippen LogP contribution is -2.45. The normalized spacial score (nSPS) is 20.8. The number of carbonyl (C=O) groups is 1. The zero-order valence-corrected chi connectivity index (χ0v) is 12.5. The molecule has 1 aromatic rings. The molecule has 1 N–H and O–H groups in total. The molecule has 0 atom stereocenters. The highest BCUT2D eigenvalue weighted by Gasteiger charge is 2.26. The maximum Gasteiger partial charge on any atom is 0.257 e. The average molecular weight is 327 g/mol. The molecule has 1 aromatic heterocycles. The van der Waals surface area contributed by atoms with Crippen LogP contribution in [-0.2, 0) is 0 Å². The maximum absolute atomic E-state index is 12.2. The van der Waals surface area contributed by atoms with Gasteiger partial charge in [-0.05, 0) is 54.1 Å². The molecular weight excluding hydrogens is 308 g/mol. The molecule has 1 aliphatic heterocycles. The Hall–Kier alpha value is -0.810. The van der Waals surface area contributed by atoms with Crippen LogP contribution in [0.25, 0.3) is 0 Å². The minimum atomic E-state index is 0.0788. The standard InChI is InChI=1S/C14H19BrN2O2/c15-13-7-11(9-19-13)14(18)17-5-3-12(4-6-17)16-8-10-1-2-10/h7,9-10,12,16H,1-6,8H2. The van der Waals surface area contributed by atoms with Crippen molar-refractivity contribution in [1.29, 1.82) is 0 Å². The monoisotopic (exact) mass is 326 g/mol. The van der Waals surface area contributed by atoms with E-state index in [2.05, 4.69) is 21.2 Å². The van der Waals surface area contributed by atoms with E-state index in [9.17, 15) is 4.79 Å². The second-order valence-electron chi connectivity index (χ2n) is 5.56. The van der Waals surface area contributed by atoms with Gasteiger partial charge in [0.1, 0.15) is 6.26 Å². The smallest absolute Gasteiger partial charge is 0.257 e. The third kappa shape index (κ3) is 3.39. The summed E-state index contributed by atoms with van der Waals surface area (Å²) in [6, 6.07) is 2.32. The van der Waals surface area contributed by atoms with Crippen LogP contribution in [0.1, 0.15) is 36.0 Å². The molecule has 5 heteroatoms. The van der Waals surface area contributed by atoms with Crippen LogP contribution in [0.4, 0.5) is 0 Å². The fraction of sp³-hybridized carbons (Fsp3) is 0.643. The van der Waals surface area contributed by atoms with Gasteiger partial charge < -0.3 is 14.6 Å². The number of nitrogens with one attached hydrogen (secondary N) is 1. The van der Waals surface area contributed by atoms with Crippen molar-refractivity contribution < 1.29 is 9.21 Å². The summed E-state index contributed by atoms with van der Waals surface area (Å²) in [5.74, 6) is 0.998. The molecule has 0 aromatic carbocycles. The van der Waals surface area contributed by atoms with Gasteiger partial charge in [0.05, 0.1) is 5.56 Å². The van der Waals surface area contributed by atoms with Crippen molar-refractivity contribution in [2.24, 2.45) is 5.92 Å². The first-order valence-corrected chi connectivity index (χ1v) is 7.78. The maximum atomic E-state index is 12.2. The van der Waals surface area contributed by atoms with Crippen molar-refractivity contribution in [2.75, 3.05) is 19.6 Å². The number of rotatable bonds is 4. The molecule has 0 radical (unpaired) electrons. The quantitative estimate of drug-likeness (QED) is 0.925. The van der Waals surface area contributed by atoms with Gasteiger partial charge in [-0.2, -0.15) is 0 Å². The van der Waals surface area contributed by atoms with E-state index in [1.54, 1.807) is 6.07 Å². The first kappa shape index (κ1) is 13.2. The molecule has 1 amide bonds. The number of hydrogen-bond donors (Lipinski definition) is 1. The minimum absolute atomic E-state index is 0.0788. The van der Waals surface area contributed by atoms with Crippen LogP contribution in [0.5, 0.6) is 0 Å². The van der Waals surface area contributed by atoms with Crippen LogP contribution < -0.4 is 5.32 Å². The Bertz CT molecular complexity index is 448. The molecule has 0 unspecified atom stereocenters. The summed E-state index contributed by atoms with van der Waals surface area (Å²) in [7, 11) is 0. The highest BCUT2D eigenvalue weighted by atomic mass is 79.9. The summed E-state index contributed by atoms with van der Waals surface area (Å²) in [6.45, 7) is 2.83. The van der Waals surface area contributed by atoms with Gasteiger partial charge in [0.25, 0.3) is 5.91 Å². The number of halogens is 1. The van der Waals surface area contributed by atoms with E-state index in [-0.39, 0.29) is 5.91 Å². The van der Waals surface area contributed by atoms with Gasteiger partial charge >= 0.3 is 0 Å². The van der Waals surface area contributed by atoms with Crippen molar-refractivity contribution in [2.45, 2.75) is 31.7 Å². The highest BCUT2D eigenvalue weighted by molar-refractivity contribution is 9.10. The molecule has 0 bridgehead atoms. The number of piperidine rings is 1. The van der Waals surface area contributed by atoms with Crippen LogP contribution >= 0.6 is 15.9 Å². The summed E-state index contributed by atoms with van der Waals surface area (Å²) in [5, 5.41) is 3.62. The van der Waals surface area contributed by atoms with Crippen molar-refractivity contribution in [3.05, 3.63) is 22.6 Å². The van der Waals surface area contributed by atoms with Crippen LogP contribution in [0.2, 0.25) is 0 Å². The van der Waals surface area contributed by atoms with Crippen LogP contribution in [0.3, 0.4) is 0 Å². The van der Waals surface area contributed by atoms with E-state index in [0.29, 0.717) is 16.3 Å². The van der Waals surface area contributed by atoms with E-state index in [1.807, 2.05) is 4.90 Å². The van der Waals surface area contributed by atoms with E-state index in [1.165, 1.54) is 19.1 Å². The van der Waals surface area contributed by atoms with Gasteiger partial charge in [-0.25, -0.2) is 0 Å². The Morgan fingerprint density at radius 3 is 2.68 bits per heavy atom. The fourth-order valence-corrected chi connectivity index (χ4v) is 2.89. The van der Waals surface area contributed by atoms with Crippen LogP contribution in [0.15, 0.2) is 21.4 Å². The Kier molecular flexibility index (Phi) is 3.93. The fourth-order valence-electron chi connectivity index (χ4n) is 2.55. The molecule has 0 spiro atoms. The summed E-state index contributed by atoms with van der Waals surface area (Å²) < 4.78 is 5.73. The predicted octanol–water partition coefficient (Wildman–Crippen LogP) is 2.65. The molecule has 2 fully saturated rings. The number of amides is 1. The van der Waals surface area contributed by atoms with Gasteiger partial charge in [-0.1, -0.05) is 0 Å². The van der Waals surface area contributed by atoms with Crippen molar-refractivity contribution in [3.8, 4) is 0 Å². The average Bonchev–Trinajstić information content (AvgIpc) is 3.17. The zero-order chi connectivity index (χ0) is 13.2. The Balaban J connectivity index is 1.47. The number of furan rings is 1. The molecule has 2 aliphatic rings. The van der Waals surface area contributed by atoms with Gasteiger partial charge in [0, 0.05) is 25.2 Å². The highest BCUT2D eigenvalue weighted by Crippen LogP contribution is 2.28. The van der Waals surface area contributed by atoms with Crippen LogP contribution in [-0.4, -0.2) is 36.5 Å². The summed E-state index contributed by atoms with van der Waals surface area (Å²) in [6.07, 6.45) is 6.40. The lowest BCUT2D eigenvalue weighted by atomic mass is 10.0. The number of hydrogen-bond acceptors (Lipinski definition) is 3. The third-order valence-electron chi connectivity index (χ3n) is 3.99. The molecule has 104 valence electrons. The van der Waals surface area contributed by atoms with Crippen molar-refractivity contribution in [3.63, 3.8) is 0 Å². The Morgan fingerprint density at radius 1 is 1.37 bits per heavy atom. The van der Waals surface area contributed by atoms with E-state index in [4.69, 9.17) is 4.42 Å². The Labute approximate surface area is 121 Å². The lowest BCUT2D eigenvalue weighted by molar-refractivity contribution is 0.0704. The molecular formula is C14H19BrN2O2. The van der Waals surface area contributed by atoms with Gasteiger partial charge in [0.15, 0.2) is 4.67 Å². The molecule has 4 nitrogen and oxygen atoms in total. The molecule has 3 rings (SSSR count). The largest absolute Gasteiger partial charge is 0.457 e. The van der Waals surface area contributed by atoms with Gasteiger partial charge in [-0.3, -0.25) is 4.79 Å². The Morgan fingerprint density at radius 2 is 2.11 bits per heavy atom. The second-order valence-corrected chi connectivity index (χ2v) is 6.34. The lowest BCUT2D eigenvalue weighted by Gasteiger charge is -2.32. The molecule has 2 heterocycles. The third-order valence-corrected chi connectivity index (χ3v) is 4.40. The molecule has 1 saturated heterocycles. The molecule has 1 saturated carbocycles. The van der Waals surface area contributed by atoms with E-state index < -0.39 is 0 Å². The van der Waals surface area contributed by atoms with E-state index >= 15 is 0 Å². The first-order chi connectivity index (χ1) is 9.22. The molecule has 19 heavy (non-hydrogen) atoms. The zero-order valence-electron chi connectivity index (χ0n) is 10.9. The number of carbonyl (C=O) groups excluding carboxylic acids is 1. The summed E-state index contributed by atoms with van der Waals surface area (Å²) >= 11 is 3.23. The topological polar surface area (TPSA) is 45.5 Å². The second kappa shape index (κ2) is 5.67. The van der Waals surface area contributed by atoms with Crippen molar-refractivity contribution in [1.82, 2.24) is 10.2 Å². The van der Waals surface area contributed by atoms with E-state index in [0.717, 1.165) is 38.4 Å². The first-order valence-electron chi connectivity index (χ1n) is 6.99. The summed E-state index contributed by atoms with van der Waals surface area (Å²) in [4.78, 5) is 14.1. The minimum Gasteiger partial charge on any atom is -0.457 e. The van der Waals surface area contributed by atoms with Crippen LogP contribution in [0, 0.1) is 5.92 Å². The summed E-state index contributed by atoms with van der Waals surface area (Å²) in [5.41, 5.74) is 0.635. The predicted molar refractivity (Wildman–Crippen MR) is 76.1 cm³/mol. The van der Waals surface area contributed by atoms with Crippen molar-refractivity contribution >= 4 is 21.8 Å². The van der Waals surface area contributed by atoms with Gasteiger partial charge in [-0.15, -0.1) is 0 Å². The number of nitrogens with zero attached hydrogens (tertiary/aromatic N) is 1. The van der Waals surface area contributed by atoms with Gasteiger partial charge in [0.2, 0.25) is 0 Å². The number of likely N-dealkylation sites (tertiary alicyclic amines) is 1.